The van der Waals surface area contributed by atoms with Crippen molar-refractivity contribution in [3.63, 3.8) is 0 Å². The minimum Gasteiger partial charge on any atom is -0.382 e. The predicted octanol–water partition coefficient (Wildman–Crippen LogP) is 3.80. The second-order valence-corrected chi connectivity index (χ2v) is 9.85. The van der Waals surface area contributed by atoms with Gasteiger partial charge in [0.1, 0.15) is 10.8 Å². The molecule has 1 saturated heterocycles. The van der Waals surface area contributed by atoms with E-state index in [1.165, 1.54) is 28.5 Å². The van der Waals surface area contributed by atoms with Gasteiger partial charge >= 0.3 is 0 Å². The highest BCUT2D eigenvalue weighted by Crippen LogP contribution is 2.51. The molecule has 1 aromatic carbocycles. The van der Waals surface area contributed by atoms with Gasteiger partial charge in [0.2, 0.25) is 5.95 Å². The van der Waals surface area contributed by atoms with Crippen LogP contribution in [-0.4, -0.2) is 33.3 Å². The van der Waals surface area contributed by atoms with Crippen LogP contribution in [-0.2, 0) is 6.42 Å². The summed E-state index contributed by atoms with van der Waals surface area (Å²) in [6.45, 7) is 3.88. The van der Waals surface area contributed by atoms with Crippen LogP contribution in [0, 0.1) is 12.3 Å². The van der Waals surface area contributed by atoms with Gasteiger partial charge in [-0.1, -0.05) is 47.1 Å². The van der Waals surface area contributed by atoms with E-state index in [0.717, 1.165) is 37.2 Å². The first-order chi connectivity index (χ1) is 14.9. The molecule has 1 aliphatic heterocycles. The Hall–Kier alpha value is -2.42. The van der Waals surface area contributed by atoms with E-state index in [-0.39, 0.29) is 11.5 Å². The van der Waals surface area contributed by atoms with Crippen LogP contribution < -0.4 is 16.4 Å². The number of aryl methyl sites for hydroxylation is 1. The number of pyridine rings is 1. The van der Waals surface area contributed by atoms with Gasteiger partial charge in [-0.2, -0.15) is 0 Å². The van der Waals surface area contributed by atoms with Crippen molar-refractivity contribution in [3.8, 4) is 0 Å². The number of hydrogen-bond donors (Lipinski definition) is 2. The Bertz CT molecular complexity index is 1110. The minimum atomic E-state index is 0.0971. The number of nitrogen functional groups attached to an aromatic ring is 1. The van der Waals surface area contributed by atoms with Crippen molar-refractivity contribution in [2.45, 2.75) is 42.1 Å². The topological polar surface area (TPSA) is 107 Å². The summed E-state index contributed by atoms with van der Waals surface area (Å²) >= 11 is 7.58. The fourth-order valence-corrected chi connectivity index (χ4v) is 5.67. The number of nitrogens with zero attached hydrogens (tertiary/aromatic N) is 5. The van der Waals surface area contributed by atoms with E-state index in [1.54, 1.807) is 18.5 Å². The molecule has 1 aliphatic carbocycles. The second-order valence-electron chi connectivity index (χ2n) is 8.41. The first kappa shape index (κ1) is 20.5. The first-order valence-electron chi connectivity index (χ1n) is 10.3. The number of nitrogens with two attached hydrogens (primary N) is 2. The number of benzene rings is 1. The van der Waals surface area contributed by atoms with Crippen LogP contribution in [0.1, 0.15) is 35.6 Å². The van der Waals surface area contributed by atoms with Crippen molar-refractivity contribution < 1.29 is 0 Å². The largest absolute Gasteiger partial charge is 0.382 e. The van der Waals surface area contributed by atoms with E-state index in [4.69, 9.17) is 23.1 Å². The Labute approximate surface area is 190 Å². The molecule has 0 radical (unpaired) electrons. The molecule has 4 N–H and O–H groups in total. The van der Waals surface area contributed by atoms with Gasteiger partial charge in [0.25, 0.3) is 0 Å². The van der Waals surface area contributed by atoms with Crippen LogP contribution in [0.25, 0.3) is 0 Å². The molecule has 0 bridgehead atoms. The van der Waals surface area contributed by atoms with E-state index in [1.807, 2.05) is 0 Å². The molecule has 3 heterocycles. The summed E-state index contributed by atoms with van der Waals surface area (Å²) in [6.07, 6.45) is 6.45. The predicted molar refractivity (Wildman–Crippen MR) is 123 cm³/mol. The molecule has 1 fully saturated rings. The maximum absolute atomic E-state index is 6.74. The molecule has 0 amide bonds. The van der Waals surface area contributed by atoms with Gasteiger partial charge in [0, 0.05) is 30.2 Å². The number of hydrogen-bond acceptors (Lipinski definition) is 8. The van der Waals surface area contributed by atoms with E-state index in [2.05, 4.69) is 50.2 Å². The van der Waals surface area contributed by atoms with Gasteiger partial charge in [-0.05, 0) is 48.8 Å². The van der Waals surface area contributed by atoms with Crippen molar-refractivity contribution in [2.75, 3.05) is 23.7 Å². The summed E-state index contributed by atoms with van der Waals surface area (Å²) in [5.41, 5.74) is 16.6. The van der Waals surface area contributed by atoms with Crippen molar-refractivity contribution in [3.05, 3.63) is 58.4 Å². The van der Waals surface area contributed by atoms with Crippen molar-refractivity contribution >= 4 is 35.1 Å². The van der Waals surface area contributed by atoms with Crippen molar-refractivity contribution in [2.24, 2.45) is 11.1 Å². The monoisotopic (exact) mass is 453 g/mol. The maximum Gasteiger partial charge on any atom is 0.245 e. The summed E-state index contributed by atoms with van der Waals surface area (Å²) in [5.74, 6) is 0.952. The van der Waals surface area contributed by atoms with Gasteiger partial charge in [-0.3, -0.25) is 0 Å². The zero-order valence-corrected chi connectivity index (χ0v) is 18.8. The van der Waals surface area contributed by atoms with Crippen LogP contribution in [0.15, 0.2) is 46.6 Å². The highest BCUT2D eigenvalue weighted by molar-refractivity contribution is 7.99. The van der Waals surface area contributed by atoms with Crippen LogP contribution >= 0.6 is 23.4 Å². The minimum absolute atomic E-state index is 0.0971. The molecule has 5 rings (SSSR count). The SMILES string of the molecule is Cc1ccc2c(c1)[C@@H](N)C1(CCN(c3ncc(Sc4ccnc(N)c4Cl)nn3)CC1)C2. The molecule has 0 unspecified atom stereocenters. The lowest BCUT2D eigenvalue weighted by Crippen LogP contribution is -2.45. The molecule has 1 spiro atoms. The Balaban J connectivity index is 1.26. The summed E-state index contributed by atoms with van der Waals surface area (Å²) in [4.78, 5) is 11.5. The molecule has 9 heteroatoms. The van der Waals surface area contributed by atoms with Crippen LogP contribution in [0.5, 0.6) is 0 Å². The van der Waals surface area contributed by atoms with Gasteiger partial charge < -0.3 is 16.4 Å². The molecule has 2 aliphatic rings. The van der Waals surface area contributed by atoms with Crippen LogP contribution in [0.2, 0.25) is 5.02 Å². The van der Waals surface area contributed by atoms with Gasteiger partial charge in [0.15, 0.2) is 0 Å². The molecule has 7 nitrogen and oxygen atoms in total. The number of rotatable bonds is 3. The molecule has 0 saturated carbocycles. The Morgan fingerprint density at radius 1 is 1.16 bits per heavy atom. The average molecular weight is 454 g/mol. The summed E-state index contributed by atoms with van der Waals surface area (Å²) in [6, 6.07) is 8.59. The lowest BCUT2D eigenvalue weighted by atomic mass is 9.73. The van der Waals surface area contributed by atoms with Gasteiger partial charge in [0.05, 0.1) is 11.2 Å². The average Bonchev–Trinajstić information content (AvgIpc) is 3.04. The molecule has 160 valence electrons. The molecular formula is C22H24ClN7S. The quantitative estimate of drug-likeness (QED) is 0.616. The fraction of sp³-hybridized carbons (Fsp3) is 0.364. The van der Waals surface area contributed by atoms with Crippen LogP contribution in [0.3, 0.4) is 0 Å². The normalized spacial score (nSPS) is 19.6. The molecule has 1 atom stereocenters. The van der Waals surface area contributed by atoms with Crippen LogP contribution in [0.4, 0.5) is 11.8 Å². The zero-order chi connectivity index (χ0) is 21.6. The highest BCUT2D eigenvalue weighted by Gasteiger charge is 2.46. The van der Waals surface area contributed by atoms with E-state index < -0.39 is 0 Å². The molecule has 3 aromatic rings. The maximum atomic E-state index is 6.74. The Morgan fingerprint density at radius 2 is 1.97 bits per heavy atom. The van der Waals surface area contributed by atoms with E-state index in [9.17, 15) is 0 Å². The third kappa shape index (κ3) is 3.73. The summed E-state index contributed by atoms with van der Waals surface area (Å²) in [7, 11) is 0. The number of anilines is 2. The van der Waals surface area contributed by atoms with Gasteiger partial charge in [-0.15, -0.1) is 10.2 Å². The lowest BCUT2D eigenvalue weighted by molar-refractivity contribution is 0.186. The second kappa shape index (κ2) is 7.93. The fourth-order valence-electron chi connectivity index (χ4n) is 4.71. The third-order valence-corrected chi connectivity index (χ3v) is 7.97. The summed E-state index contributed by atoms with van der Waals surface area (Å²) < 4.78 is 0. The molecule has 31 heavy (non-hydrogen) atoms. The number of piperidine rings is 1. The Kier molecular flexibility index (Phi) is 5.24. The number of aromatic nitrogens is 4. The number of fused-ring (bicyclic) bond motifs is 1. The molecular weight excluding hydrogens is 430 g/mol. The standard InChI is InChI=1S/C22H24ClN7S/c1-13-2-3-14-11-22(19(24)15(14)10-13)5-8-30(9-6-22)21-27-12-17(28-29-21)31-16-4-7-26-20(25)18(16)23/h2-4,7,10,12,19H,5-6,8-9,11,24H2,1H3,(H2,25,26)/t19-/m1/s1. The smallest absolute Gasteiger partial charge is 0.245 e. The van der Waals surface area contributed by atoms with E-state index >= 15 is 0 Å². The summed E-state index contributed by atoms with van der Waals surface area (Å²) in [5, 5.41) is 9.77. The van der Waals surface area contributed by atoms with E-state index in [0.29, 0.717) is 21.8 Å². The van der Waals surface area contributed by atoms with Crippen molar-refractivity contribution in [1.82, 2.24) is 20.2 Å². The first-order valence-corrected chi connectivity index (χ1v) is 11.5. The molecule has 2 aromatic heterocycles. The van der Waals surface area contributed by atoms with Gasteiger partial charge in [-0.25, -0.2) is 9.97 Å². The van der Waals surface area contributed by atoms with Crippen molar-refractivity contribution in [1.29, 1.82) is 0 Å². The highest BCUT2D eigenvalue weighted by atomic mass is 35.5. The zero-order valence-electron chi connectivity index (χ0n) is 17.3. The third-order valence-electron chi connectivity index (χ3n) is 6.50. The Morgan fingerprint density at radius 3 is 2.71 bits per heavy atom. The lowest BCUT2D eigenvalue weighted by Gasteiger charge is -2.42. The number of halogens is 1.